The van der Waals surface area contributed by atoms with Gasteiger partial charge in [-0.15, -0.1) is 11.8 Å². The lowest BCUT2D eigenvalue weighted by Crippen LogP contribution is -2.20. The quantitative estimate of drug-likeness (QED) is 0.863. The van der Waals surface area contributed by atoms with Crippen molar-refractivity contribution in [1.29, 1.82) is 0 Å². The molecule has 1 N–H and O–H groups in total. The number of carbonyl (C=O) groups is 1. The average molecular weight is 327 g/mol. The number of hydrogen-bond acceptors (Lipinski definition) is 4. The fourth-order valence-corrected chi connectivity index (χ4v) is 4.10. The van der Waals surface area contributed by atoms with Gasteiger partial charge in [0.25, 0.3) is 0 Å². The summed E-state index contributed by atoms with van der Waals surface area (Å²) in [5.74, 6) is 1.45. The summed E-state index contributed by atoms with van der Waals surface area (Å²) in [6.45, 7) is 4.24. The van der Waals surface area contributed by atoms with E-state index in [1.54, 1.807) is 11.8 Å². The van der Waals surface area contributed by atoms with Crippen LogP contribution in [-0.4, -0.2) is 18.0 Å². The molecule has 0 saturated carbocycles. The Morgan fingerprint density at radius 2 is 1.83 bits per heavy atom. The van der Waals surface area contributed by atoms with Crippen LogP contribution in [0.1, 0.15) is 28.9 Å². The molecule has 2 aliphatic rings. The van der Waals surface area contributed by atoms with Gasteiger partial charge in [-0.1, -0.05) is 29.8 Å². The minimum atomic E-state index is -0.134. The van der Waals surface area contributed by atoms with Crippen LogP contribution in [0.3, 0.4) is 0 Å². The maximum Gasteiger partial charge on any atom is 0.237 e. The van der Waals surface area contributed by atoms with Crippen molar-refractivity contribution >= 4 is 23.4 Å². The molecule has 2 atom stereocenters. The van der Waals surface area contributed by atoms with Gasteiger partial charge in [-0.3, -0.25) is 4.79 Å². The Labute approximate surface area is 139 Å². The Kier molecular flexibility index (Phi) is 3.45. The van der Waals surface area contributed by atoms with Crippen molar-refractivity contribution in [1.82, 2.24) is 0 Å². The Morgan fingerprint density at radius 1 is 1.13 bits per heavy atom. The van der Waals surface area contributed by atoms with Gasteiger partial charge in [0.2, 0.25) is 12.7 Å². The molecule has 0 fully saturated rings. The molecule has 2 heterocycles. The summed E-state index contributed by atoms with van der Waals surface area (Å²) in [5.41, 5.74) is 4.27. The number of carbonyl (C=O) groups excluding carboxylic acids is 1. The van der Waals surface area contributed by atoms with Gasteiger partial charge in [0.1, 0.15) is 0 Å². The minimum Gasteiger partial charge on any atom is -0.454 e. The lowest BCUT2D eigenvalue weighted by molar-refractivity contribution is -0.115. The van der Waals surface area contributed by atoms with Gasteiger partial charge in [0.15, 0.2) is 11.5 Å². The maximum atomic E-state index is 12.3. The van der Waals surface area contributed by atoms with Crippen molar-refractivity contribution in [2.45, 2.75) is 24.3 Å². The van der Waals surface area contributed by atoms with Crippen LogP contribution in [-0.2, 0) is 4.79 Å². The highest BCUT2D eigenvalue weighted by Gasteiger charge is 2.31. The van der Waals surface area contributed by atoms with E-state index in [0.29, 0.717) is 5.75 Å². The normalized spacial score (nSPS) is 22.3. The van der Waals surface area contributed by atoms with E-state index < -0.39 is 0 Å². The maximum absolute atomic E-state index is 12.3. The van der Waals surface area contributed by atoms with Crippen LogP contribution < -0.4 is 14.8 Å². The zero-order chi connectivity index (χ0) is 16.0. The van der Waals surface area contributed by atoms with Crippen molar-refractivity contribution in [2.24, 2.45) is 0 Å². The second-order valence-electron chi connectivity index (χ2n) is 5.85. The summed E-state index contributed by atoms with van der Waals surface area (Å²) in [6, 6.07) is 12.3. The minimum absolute atomic E-state index is 0.0183. The van der Waals surface area contributed by atoms with Gasteiger partial charge in [-0.05, 0) is 31.0 Å². The zero-order valence-corrected chi connectivity index (χ0v) is 13.8. The molecule has 118 valence electrons. The molecular weight excluding hydrogens is 310 g/mol. The van der Waals surface area contributed by atoms with Crippen molar-refractivity contribution < 1.29 is 14.3 Å². The first-order valence-electron chi connectivity index (χ1n) is 7.58. The van der Waals surface area contributed by atoms with Gasteiger partial charge in [-0.2, -0.15) is 0 Å². The molecule has 2 aliphatic heterocycles. The van der Waals surface area contributed by atoms with Crippen molar-refractivity contribution in [3.8, 4) is 11.5 Å². The molecular formula is C18H17NO3S. The van der Waals surface area contributed by atoms with Gasteiger partial charge >= 0.3 is 0 Å². The predicted octanol–water partition coefficient (Wildman–Crippen LogP) is 3.89. The molecule has 0 aromatic heterocycles. The van der Waals surface area contributed by atoms with Crippen molar-refractivity contribution in [2.75, 3.05) is 12.1 Å². The Morgan fingerprint density at radius 3 is 2.57 bits per heavy atom. The Bertz CT molecular complexity index is 773. The molecule has 0 saturated heterocycles. The molecule has 4 rings (SSSR count). The van der Waals surface area contributed by atoms with E-state index in [0.717, 1.165) is 17.0 Å². The van der Waals surface area contributed by atoms with E-state index in [9.17, 15) is 4.79 Å². The molecule has 2 aromatic carbocycles. The first-order chi connectivity index (χ1) is 11.1. The molecule has 2 aromatic rings. The van der Waals surface area contributed by atoms with Gasteiger partial charge in [0, 0.05) is 11.8 Å². The largest absolute Gasteiger partial charge is 0.454 e. The van der Waals surface area contributed by atoms with E-state index in [-0.39, 0.29) is 23.2 Å². The fraction of sp³-hybridized carbons (Fsp3) is 0.278. The third-order valence-electron chi connectivity index (χ3n) is 4.17. The Hall–Kier alpha value is -2.14. The molecule has 0 spiro atoms. The molecule has 1 amide bonds. The highest BCUT2D eigenvalue weighted by molar-refractivity contribution is 8.01. The fourth-order valence-electron chi connectivity index (χ4n) is 2.86. The third-order valence-corrected chi connectivity index (χ3v) is 5.60. The lowest BCUT2D eigenvalue weighted by Gasteiger charge is -2.19. The van der Waals surface area contributed by atoms with E-state index in [1.807, 2.05) is 19.1 Å². The number of thioether (sulfide) groups is 1. The second-order valence-corrected chi connectivity index (χ2v) is 7.30. The molecule has 5 heteroatoms. The predicted molar refractivity (Wildman–Crippen MR) is 91.3 cm³/mol. The highest BCUT2D eigenvalue weighted by atomic mass is 32.2. The number of amides is 1. The second kappa shape index (κ2) is 5.49. The molecule has 4 nitrogen and oxygen atoms in total. The molecule has 0 radical (unpaired) electrons. The van der Waals surface area contributed by atoms with Crippen molar-refractivity contribution in [3.63, 3.8) is 0 Å². The monoisotopic (exact) mass is 327 g/mol. The molecule has 0 bridgehead atoms. The number of ether oxygens (including phenoxy) is 2. The van der Waals surface area contributed by atoms with Gasteiger partial charge < -0.3 is 14.8 Å². The number of hydrogen-bond donors (Lipinski definition) is 1. The average Bonchev–Trinajstić information content (AvgIpc) is 2.95. The molecule has 2 unspecified atom stereocenters. The van der Waals surface area contributed by atoms with Crippen LogP contribution in [0.15, 0.2) is 36.4 Å². The number of aryl methyl sites for hydroxylation is 1. The third kappa shape index (κ3) is 2.55. The molecule has 0 aliphatic carbocycles. The van der Waals surface area contributed by atoms with Crippen LogP contribution >= 0.6 is 11.8 Å². The highest BCUT2D eigenvalue weighted by Crippen LogP contribution is 2.48. The summed E-state index contributed by atoms with van der Waals surface area (Å²) in [7, 11) is 0. The lowest BCUT2D eigenvalue weighted by atomic mass is 10.0. The smallest absolute Gasteiger partial charge is 0.237 e. The van der Waals surface area contributed by atoms with Crippen LogP contribution in [0.5, 0.6) is 11.5 Å². The first kappa shape index (κ1) is 14.5. The number of fused-ring (bicyclic) bond motifs is 2. The zero-order valence-electron chi connectivity index (χ0n) is 13.0. The SMILES string of the molecule is Cc1ccc(C2SC(C)C(=O)Nc3cc4c(cc32)OCO4)cc1. The first-order valence-corrected chi connectivity index (χ1v) is 8.52. The van der Waals surface area contributed by atoms with Crippen LogP contribution in [0.2, 0.25) is 0 Å². The standard InChI is InChI=1S/C18H17NO3S/c1-10-3-5-12(6-4-10)17-13-7-15-16(22-9-21-15)8-14(13)19-18(20)11(2)23-17/h3-8,11,17H,9H2,1-2H3,(H,19,20). The van der Waals surface area contributed by atoms with E-state index in [1.165, 1.54) is 11.1 Å². The van der Waals surface area contributed by atoms with E-state index >= 15 is 0 Å². The number of nitrogens with one attached hydrogen (secondary N) is 1. The number of anilines is 1. The van der Waals surface area contributed by atoms with E-state index in [2.05, 4.69) is 36.5 Å². The van der Waals surface area contributed by atoms with Crippen LogP contribution in [0.25, 0.3) is 0 Å². The van der Waals surface area contributed by atoms with Gasteiger partial charge in [0.05, 0.1) is 10.5 Å². The van der Waals surface area contributed by atoms with E-state index in [4.69, 9.17) is 9.47 Å². The summed E-state index contributed by atoms with van der Waals surface area (Å²) < 4.78 is 11.0. The van der Waals surface area contributed by atoms with Gasteiger partial charge in [-0.25, -0.2) is 0 Å². The Balaban J connectivity index is 1.85. The summed E-state index contributed by atoms with van der Waals surface area (Å²) in [5, 5.41) is 2.96. The van der Waals surface area contributed by atoms with Crippen LogP contribution in [0, 0.1) is 6.92 Å². The summed E-state index contributed by atoms with van der Waals surface area (Å²) >= 11 is 1.65. The summed E-state index contributed by atoms with van der Waals surface area (Å²) in [4.78, 5) is 12.3. The molecule has 23 heavy (non-hydrogen) atoms. The summed E-state index contributed by atoms with van der Waals surface area (Å²) in [6.07, 6.45) is 0. The van der Waals surface area contributed by atoms with Crippen LogP contribution in [0.4, 0.5) is 5.69 Å². The van der Waals surface area contributed by atoms with Crippen molar-refractivity contribution in [3.05, 3.63) is 53.1 Å². The number of benzene rings is 2. The number of rotatable bonds is 1. The topological polar surface area (TPSA) is 47.6 Å².